The zero-order valence-electron chi connectivity index (χ0n) is 19.8. The number of benzene rings is 3. The number of ether oxygens (including phenoxy) is 3. The first-order valence-corrected chi connectivity index (χ1v) is 11.0. The molecule has 0 atom stereocenters. The first-order valence-electron chi connectivity index (χ1n) is 10.7. The summed E-state index contributed by atoms with van der Waals surface area (Å²) in [6.45, 7) is 3.65. The zero-order valence-corrected chi connectivity index (χ0v) is 20.6. The molecule has 0 aliphatic rings. The molecule has 0 radical (unpaired) electrons. The Morgan fingerprint density at radius 3 is 2.54 bits per heavy atom. The second-order valence-corrected chi connectivity index (χ2v) is 8.03. The fourth-order valence-corrected chi connectivity index (χ4v) is 3.50. The monoisotopic (exact) mass is 495 g/mol. The van der Waals surface area contributed by atoms with E-state index in [0.29, 0.717) is 28.3 Å². The normalized spacial score (nSPS) is 10.7. The maximum atomic E-state index is 12.4. The summed E-state index contributed by atoms with van der Waals surface area (Å²) in [5, 5.41) is 7.01. The highest BCUT2D eigenvalue weighted by molar-refractivity contribution is 6.32. The van der Waals surface area contributed by atoms with Crippen LogP contribution in [0.25, 0.3) is 0 Å². The van der Waals surface area contributed by atoms with Crippen LogP contribution in [0, 0.1) is 13.8 Å². The van der Waals surface area contributed by atoms with Gasteiger partial charge in [0, 0.05) is 11.3 Å². The molecule has 8 nitrogen and oxygen atoms in total. The molecule has 35 heavy (non-hydrogen) atoms. The number of rotatable bonds is 9. The van der Waals surface area contributed by atoms with Crippen LogP contribution in [-0.4, -0.2) is 38.9 Å². The van der Waals surface area contributed by atoms with Gasteiger partial charge in [-0.1, -0.05) is 35.4 Å². The van der Waals surface area contributed by atoms with Crippen molar-refractivity contribution in [1.29, 1.82) is 0 Å². The van der Waals surface area contributed by atoms with E-state index in [4.69, 9.17) is 25.8 Å². The lowest BCUT2D eigenvalue weighted by atomic mass is 10.1. The molecular weight excluding hydrogens is 470 g/mol. The summed E-state index contributed by atoms with van der Waals surface area (Å²) in [5.41, 5.74) is 6.19. The molecule has 0 spiro atoms. The predicted octanol–water partition coefficient (Wildman–Crippen LogP) is 4.76. The molecule has 0 saturated heterocycles. The van der Waals surface area contributed by atoms with Crippen molar-refractivity contribution in [3.05, 3.63) is 81.9 Å². The standard InChI is InChI=1S/C26H26ClN3O5/c1-16-8-9-22(17(2)10-16)29-24(31)15-35-25-21(27)11-18(12-23(25)34-4)14-28-30-26(32)19-6-5-7-20(13-19)33-3/h5-14H,15H2,1-4H3,(H,29,31)(H,30,32)/b28-14+. The largest absolute Gasteiger partial charge is 0.497 e. The van der Waals surface area contributed by atoms with E-state index in [1.165, 1.54) is 20.4 Å². The summed E-state index contributed by atoms with van der Waals surface area (Å²) in [6.07, 6.45) is 1.42. The molecule has 0 heterocycles. The van der Waals surface area contributed by atoms with Gasteiger partial charge < -0.3 is 19.5 Å². The van der Waals surface area contributed by atoms with E-state index in [-0.39, 0.29) is 23.3 Å². The zero-order chi connectivity index (χ0) is 25.4. The molecule has 0 aliphatic carbocycles. The molecule has 0 aliphatic heterocycles. The van der Waals surface area contributed by atoms with Gasteiger partial charge in [0.25, 0.3) is 11.8 Å². The predicted molar refractivity (Wildman–Crippen MR) is 136 cm³/mol. The molecule has 3 rings (SSSR count). The van der Waals surface area contributed by atoms with Gasteiger partial charge in [-0.3, -0.25) is 9.59 Å². The Bertz CT molecular complexity index is 1260. The van der Waals surface area contributed by atoms with E-state index in [1.807, 2.05) is 32.0 Å². The van der Waals surface area contributed by atoms with Crippen molar-refractivity contribution >= 4 is 35.3 Å². The first-order chi connectivity index (χ1) is 16.8. The van der Waals surface area contributed by atoms with Gasteiger partial charge in [-0.15, -0.1) is 0 Å². The van der Waals surface area contributed by atoms with Gasteiger partial charge in [-0.05, 0) is 61.4 Å². The van der Waals surface area contributed by atoms with Gasteiger partial charge in [0.15, 0.2) is 18.1 Å². The lowest BCUT2D eigenvalue weighted by molar-refractivity contribution is -0.118. The summed E-state index contributed by atoms with van der Waals surface area (Å²) in [5.74, 6) is 0.380. The fourth-order valence-electron chi connectivity index (χ4n) is 3.23. The van der Waals surface area contributed by atoms with E-state index in [9.17, 15) is 9.59 Å². The molecule has 0 saturated carbocycles. The second kappa shape index (κ2) is 11.9. The lowest BCUT2D eigenvalue weighted by Gasteiger charge is -2.14. The second-order valence-electron chi connectivity index (χ2n) is 7.62. The van der Waals surface area contributed by atoms with Crippen LogP contribution in [0.4, 0.5) is 5.69 Å². The van der Waals surface area contributed by atoms with E-state index < -0.39 is 5.91 Å². The maximum Gasteiger partial charge on any atom is 0.271 e. The van der Waals surface area contributed by atoms with Crippen LogP contribution in [0.5, 0.6) is 17.2 Å². The number of hydrogen-bond acceptors (Lipinski definition) is 6. The lowest BCUT2D eigenvalue weighted by Crippen LogP contribution is -2.21. The van der Waals surface area contributed by atoms with Crippen LogP contribution in [0.15, 0.2) is 59.7 Å². The smallest absolute Gasteiger partial charge is 0.271 e. The van der Waals surface area contributed by atoms with E-state index in [0.717, 1.165) is 11.1 Å². The highest BCUT2D eigenvalue weighted by Gasteiger charge is 2.14. The summed E-state index contributed by atoms with van der Waals surface area (Å²) < 4.78 is 16.1. The third kappa shape index (κ3) is 6.97. The number of hydrogen-bond donors (Lipinski definition) is 2. The maximum absolute atomic E-state index is 12.4. The van der Waals surface area contributed by atoms with Gasteiger partial charge >= 0.3 is 0 Å². The molecule has 0 unspecified atom stereocenters. The Kier molecular flexibility index (Phi) is 8.69. The van der Waals surface area contributed by atoms with Crippen LogP contribution in [-0.2, 0) is 4.79 Å². The molecular formula is C26H26ClN3O5. The van der Waals surface area contributed by atoms with Crippen molar-refractivity contribution < 1.29 is 23.8 Å². The number of amides is 2. The van der Waals surface area contributed by atoms with Gasteiger partial charge in [-0.25, -0.2) is 5.43 Å². The average molecular weight is 496 g/mol. The van der Waals surface area contributed by atoms with Crippen molar-refractivity contribution in [2.24, 2.45) is 5.10 Å². The fraction of sp³-hybridized carbons (Fsp3) is 0.192. The van der Waals surface area contributed by atoms with Crippen molar-refractivity contribution in [2.75, 3.05) is 26.1 Å². The van der Waals surface area contributed by atoms with Crippen molar-refractivity contribution in [3.8, 4) is 17.2 Å². The van der Waals surface area contributed by atoms with Crippen LogP contribution in [0.1, 0.15) is 27.0 Å². The molecule has 3 aromatic carbocycles. The van der Waals surface area contributed by atoms with E-state index in [1.54, 1.807) is 36.4 Å². The van der Waals surface area contributed by atoms with Crippen molar-refractivity contribution in [3.63, 3.8) is 0 Å². The minimum Gasteiger partial charge on any atom is -0.497 e. The van der Waals surface area contributed by atoms with Gasteiger partial charge in [-0.2, -0.15) is 5.10 Å². The Labute approximate surface area is 208 Å². The molecule has 2 N–H and O–H groups in total. The van der Waals surface area contributed by atoms with Crippen LogP contribution in [0.2, 0.25) is 5.02 Å². The summed E-state index contributed by atoms with van der Waals surface area (Å²) >= 11 is 6.37. The van der Waals surface area contributed by atoms with Crippen LogP contribution >= 0.6 is 11.6 Å². The van der Waals surface area contributed by atoms with Crippen LogP contribution < -0.4 is 25.0 Å². The molecule has 9 heteroatoms. The third-order valence-corrected chi connectivity index (χ3v) is 5.25. The highest BCUT2D eigenvalue weighted by atomic mass is 35.5. The summed E-state index contributed by atoms with van der Waals surface area (Å²) in [4.78, 5) is 24.6. The molecule has 3 aromatic rings. The Morgan fingerprint density at radius 1 is 1.03 bits per heavy atom. The molecule has 0 bridgehead atoms. The number of nitrogens with zero attached hydrogens (tertiary/aromatic N) is 1. The number of halogens is 1. The molecule has 182 valence electrons. The minimum absolute atomic E-state index is 0.225. The number of carbonyl (C=O) groups is 2. The number of nitrogens with one attached hydrogen (secondary N) is 2. The van der Waals surface area contributed by atoms with Gasteiger partial charge in [0.2, 0.25) is 0 Å². The highest BCUT2D eigenvalue weighted by Crippen LogP contribution is 2.36. The van der Waals surface area contributed by atoms with Crippen molar-refractivity contribution in [2.45, 2.75) is 13.8 Å². The number of methoxy groups -OCH3 is 2. The number of carbonyl (C=O) groups excluding carboxylic acids is 2. The Morgan fingerprint density at radius 2 is 1.83 bits per heavy atom. The van der Waals surface area contributed by atoms with E-state index >= 15 is 0 Å². The third-order valence-electron chi connectivity index (χ3n) is 4.97. The van der Waals surface area contributed by atoms with Crippen molar-refractivity contribution in [1.82, 2.24) is 5.43 Å². The molecule has 0 fully saturated rings. The average Bonchev–Trinajstić information content (AvgIpc) is 2.84. The van der Waals surface area contributed by atoms with E-state index in [2.05, 4.69) is 15.8 Å². The Hall–Kier alpha value is -4.04. The quantitative estimate of drug-likeness (QED) is 0.329. The topological polar surface area (TPSA) is 98.3 Å². The number of hydrazone groups is 1. The van der Waals surface area contributed by atoms with Gasteiger partial charge in [0.05, 0.1) is 25.5 Å². The SMILES string of the molecule is COc1cccc(C(=O)N/N=C/c2cc(Cl)c(OCC(=O)Nc3ccc(C)cc3C)c(OC)c2)c1. The summed E-state index contributed by atoms with van der Waals surface area (Å²) in [7, 11) is 2.98. The van der Waals surface area contributed by atoms with Crippen LogP contribution in [0.3, 0.4) is 0 Å². The first kappa shape index (κ1) is 25.6. The molecule has 2 amide bonds. The summed E-state index contributed by atoms with van der Waals surface area (Å²) in [6, 6.07) is 15.7. The number of anilines is 1. The Balaban J connectivity index is 1.63. The minimum atomic E-state index is -0.395. The number of aryl methyl sites for hydroxylation is 2. The van der Waals surface area contributed by atoms with Gasteiger partial charge in [0.1, 0.15) is 5.75 Å². The molecule has 0 aromatic heterocycles.